The van der Waals surface area contributed by atoms with Gasteiger partial charge in [0.05, 0.1) is 12.2 Å². The Balaban J connectivity index is 2.07. The zero-order chi connectivity index (χ0) is 15.2. The molecule has 1 aromatic carbocycles. The Morgan fingerprint density at radius 1 is 1.33 bits per heavy atom. The van der Waals surface area contributed by atoms with Crippen molar-refractivity contribution in [2.45, 2.75) is 13.8 Å². The highest BCUT2D eigenvalue weighted by Crippen LogP contribution is 2.19. The van der Waals surface area contributed by atoms with Gasteiger partial charge in [-0.25, -0.2) is 4.98 Å². The summed E-state index contributed by atoms with van der Waals surface area (Å²) in [5, 5.41) is 2.63. The highest BCUT2D eigenvalue weighted by Gasteiger charge is 2.12. The van der Waals surface area contributed by atoms with E-state index in [1.54, 1.807) is 18.2 Å². The zero-order valence-electron chi connectivity index (χ0n) is 12.0. The van der Waals surface area contributed by atoms with Crippen LogP contribution in [0.1, 0.15) is 24.2 Å². The summed E-state index contributed by atoms with van der Waals surface area (Å²) in [5.41, 5.74) is 0.454. The first-order valence-corrected chi connectivity index (χ1v) is 6.71. The van der Waals surface area contributed by atoms with E-state index in [-0.39, 0.29) is 5.56 Å². The molecule has 2 aromatic rings. The van der Waals surface area contributed by atoms with E-state index in [1.165, 1.54) is 18.3 Å². The minimum Gasteiger partial charge on any atom is -0.493 e. The van der Waals surface area contributed by atoms with Crippen LogP contribution in [0.4, 0.5) is 10.1 Å². The van der Waals surface area contributed by atoms with Gasteiger partial charge in [-0.1, -0.05) is 19.9 Å². The number of rotatable bonds is 5. The molecule has 0 spiro atoms. The topological polar surface area (TPSA) is 51.2 Å². The van der Waals surface area contributed by atoms with Crippen LogP contribution in [0.2, 0.25) is 0 Å². The molecule has 0 saturated carbocycles. The van der Waals surface area contributed by atoms with E-state index in [4.69, 9.17) is 4.74 Å². The molecule has 0 bridgehead atoms. The molecule has 0 saturated heterocycles. The molecule has 0 aliphatic carbocycles. The predicted molar refractivity (Wildman–Crippen MR) is 78.9 cm³/mol. The lowest BCUT2D eigenvalue weighted by atomic mass is 10.2. The van der Waals surface area contributed by atoms with Crippen molar-refractivity contribution in [1.82, 2.24) is 4.98 Å². The molecule has 21 heavy (non-hydrogen) atoms. The molecular formula is C16H17FN2O2. The molecule has 0 atom stereocenters. The lowest BCUT2D eigenvalue weighted by Gasteiger charge is -2.10. The second-order valence-corrected chi connectivity index (χ2v) is 5.03. The number of carbonyl (C=O) groups excluding carboxylic acids is 1. The van der Waals surface area contributed by atoms with Crippen LogP contribution in [0.3, 0.4) is 0 Å². The van der Waals surface area contributed by atoms with Gasteiger partial charge in [-0.15, -0.1) is 0 Å². The van der Waals surface area contributed by atoms with Crippen LogP contribution in [0, 0.1) is 11.9 Å². The molecule has 4 nitrogen and oxygen atoms in total. The molecule has 110 valence electrons. The largest absolute Gasteiger partial charge is 0.493 e. The first kappa shape index (κ1) is 15.0. The Bertz CT molecular complexity index is 629. The summed E-state index contributed by atoms with van der Waals surface area (Å²) in [6.07, 6.45) is 1.30. The molecule has 1 N–H and O–H groups in total. The summed E-state index contributed by atoms with van der Waals surface area (Å²) in [5.74, 6) is -0.260. The third-order valence-electron chi connectivity index (χ3n) is 2.68. The fourth-order valence-corrected chi connectivity index (χ4v) is 1.68. The number of benzene rings is 1. The number of nitrogens with one attached hydrogen (secondary N) is 1. The molecule has 2 rings (SSSR count). The van der Waals surface area contributed by atoms with Crippen molar-refractivity contribution in [2.75, 3.05) is 11.9 Å². The van der Waals surface area contributed by atoms with Gasteiger partial charge >= 0.3 is 0 Å². The van der Waals surface area contributed by atoms with Gasteiger partial charge in [0, 0.05) is 18.0 Å². The molecule has 0 fully saturated rings. The van der Waals surface area contributed by atoms with Gasteiger partial charge in [-0.2, -0.15) is 4.39 Å². The van der Waals surface area contributed by atoms with Crippen LogP contribution in [-0.2, 0) is 0 Å². The molecule has 0 unspecified atom stereocenters. The summed E-state index contributed by atoms with van der Waals surface area (Å²) in [6, 6.07) is 9.90. The summed E-state index contributed by atoms with van der Waals surface area (Å²) >= 11 is 0. The first-order valence-electron chi connectivity index (χ1n) is 6.71. The fraction of sp³-hybridized carbons (Fsp3) is 0.250. The second kappa shape index (κ2) is 6.83. The first-order chi connectivity index (χ1) is 10.1. The summed E-state index contributed by atoms with van der Waals surface area (Å²) in [6.45, 7) is 4.70. The SMILES string of the molecule is CC(C)COc1cccc(NC(=O)c2cccnc2F)c1. The second-order valence-electron chi connectivity index (χ2n) is 5.03. The van der Waals surface area contributed by atoms with Gasteiger partial charge in [0.2, 0.25) is 5.95 Å². The van der Waals surface area contributed by atoms with Crippen LogP contribution < -0.4 is 10.1 Å². The normalized spacial score (nSPS) is 10.5. The lowest BCUT2D eigenvalue weighted by molar-refractivity contribution is 0.102. The maximum atomic E-state index is 13.4. The monoisotopic (exact) mass is 288 g/mol. The highest BCUT2D eigenvalue weighted by atomic mass is 19.1. The van der Waals surface area contributed by atoms with E-state index < -0.39 is 11.9 Å². The van der Waals surface area contributed by atoms with Crippen LogP contribution in [0.15, 0.2) is 42.6 Å². The summed E-state index contributed by atoms with van der Waals surface area (Å²) < 4.78 is 19.0. The Labute approximate surface area is 123 Å². The van der Waals surface area contributed by atoms with E-state index >= 15 is 0 Å². The maximum Gasteiger partial charge on any atom is 0.260 e. The van der Waals surface area contributed by atoms with Gasteiger partial charge in [0.15, 0.2) is 0 Å². The van der Waals surface area contributed by atoms with E-state index in [1.807, 2.05) is 6.07 Å². The van der Waals surface area contributed by atoms with Gasteiger partial charge in [0.1, 0.15) is 5.75 Å². The number of hydrogen-bond acceptors (Lipinski definition) is 3. The van der Waals surface area contributed by atoms with Crippen LogP contribution in [0.25, 0.3) is 0 Å². The zero-order valence-corrected chi connectivity index (χ0v) is 12.0. The van der Waals surface area contributed by atoms with Gasteiger partial charge in [-0.3, -0.25) is 4.79 Å². The lowest BCUT2D eigenvalue weighted by Crippen LogP contribution is -2.14. The molecule has 1 aromatic heterocycles. The molecular weight excluding hydrogens is 271 g/mol. The van der Waals surface area contributed by atoms with Crippen LogP contribution in [0.5, 0.6) is 5.75 Å². The number of anilines is 1. The van der Waals surface area contributed by atoms with Crippen molar-refractivity contribution in [1.29, 1.82) is 0 Å². The number of nitrogens with zero attached hydrogens (tertiary/aromatic N) is 1. The maximum absolute atomic E-state index is 13.4. The minimum absolute atomic E-state index is 0.0917. The number of carbonyl (C=O) groups is 1. The number of halogens is 1. The molecule has 0 radical (unpaired) electrons. The Morgan fingerprint density at radius 2 is 2.14 bits per heavy atom. The minimum atomic E-state index is -0.790. The molecule has 1 heterocycles. The quantitative estimate of drug-likeness (QED) is 0.857. The van der Waals surface area contributed by atoms with Crippen molar-refractivity contribution in [3.05, 3.63) is 54.1 Å². The molecule has 5 heteroatoms. The molecule has 1 amide bonds. The Kier molecular flexibility index (Phi) is 4.87. The highest BCUT2D eigenvalue weighted by molar-refractivity contribution is 6.04. The average Bonchev–Trinajstić information content (AvgIpc) is 2.46. The standard InChI is InChI=1S/C16H17FN2O2/c1-11(2)10-21-13-6-3-5-12(9-13)19-16(20)14-7-4-8-18-15(14)17/h3-9,11H,10H2,1-2H3,(H,19,20). The van der Waals surface area contributed by atoms with Gasteiger partial charge < -0.3 is 10.1 Å². The smallest absolute Gasteiger partial charge is 0.260 e. The average molecular weight is 288 g/mol. The number of hydrogen-bond donors (Lipinski definition) is 1. The fourth-order valence-electron chi connectivity index (χ4n) is 1.68. The Morgan fingerprint density at radius 3 is 2.86 bits per heavy atom. The van der Waals surface area contributed by atoms with Crippen LogP contribution in [-0.4, -0.2) is 17.5 Å². The van der Waals surface area contributed by atoms with E-state index in [2.05, 4.69) is 24.1 Å². The van der Waals surface area contributed by atoms with E-state index in [0.29, 0.717) is 24.0 Å². The van der Waals surface area contributed by atoms with Crippen molar-refractivity contribution in [3.8, 4) is 5.75 Å². The van der Waals surface area contributed by atoms with Crippen molar-refractivity contribution in [3.63, 3.8) is 0 Å². The van der Waals surface area contributed by atoms with Crippen molar-refractivity contribution in [2.24, 2.45) is 5.92 Å². The van der Waals surface area contributed by atoms with Gasteiger partial charge in [-0.05, 0) is 30.2 Å². The molecule has 0 aliphatic heterocycles. The van der Waals surface area contributed by atoms with Crippen LogP contribution >= 0.6 is 0 Å². The van der Waals surface area contributed by atoms with E-state index in [9.17, 15) is 9.18 Å². The van der Waals surface area contributed by atoms with E-state index in [0.717, 1.165) is 0 Å². The predicted octanol–water partition coefficient (Wildman–Crippen LogP) is 3.51. The number of aromatic nitrogens is 1. The third-order valence-corrected chi connectivity index (χ3v) is 2.68. The number of pyridine rings is 1. The number of ether oxygens (including phenoxy) is 1. The Hall–Kier alpha value is -2.43. The van der Waals surface area contributed by atoms with Crippen molar-refractivity contribution >= 4 is 11.6 Å². The summed E-state index contributed by atoms with van der Waals surface area (Å²) in [7, 11) is 0. The number of amides is 1. The molecule has 0 aliphatic rings. The van der Waals surface area contributed by atoms with Gasteiger partial charge in [0.25, 0.3) is 5.91 Å². The third kappa shape index (κ3) is 4.27. The van der Waals surface area contributed by atoms with Crippen molar-refractivity contribution < 1.29 is 13.9 Å². The summed E-state index contributed by atoms with van der Waals surface area (Å²) in [4.78, 5) is 15.4.